The molecule has 0 saturated heterocycles. The summed E-state index contributed by atoms with van der Waals surface area (Å²) in [5, 5.41) is 10.0. The van der Waals surface area contributed by atoms with E-state index in [1.807, 2.05) is 20.8 Å². The van der Waals surface area contributed by atoms with Gasteiger partial charge in [0.15, 0.2) is 0 Å². The second-order valence-corrected chi connectivity index (χ2v) is 9.00. The maximum absolute atomic E-state index is 10.0. The zero-order chi connectivity index (χ0) is 22.2. The highest BCUT2D eigenvalue weighted by molar-refractivity contribution is 4.91. The van der Waals surface area contributed by atoms with Gasteiger partial charge in [0.1, 0.15) is 0 Å². The fourth-order valence-electron chi connectivity index (χ4n) is 4.13. The highest BCUT2D eigenvalue weighted by Crippen LogP contribution is 2.49. The fraction of sp³-hybridized carbons (Fsp3) is 1.00. The van der Waals surface area contributed by atoms with Gasteiger partial charge in [-0.15, -0.1) is 0 Å². The average molecular weight is 418 g/mol. The molecule has 0 aliphatic heterocycles. The van der Waals surface area contributed by atoms with Gasteiger partial charge < -0.3 is 25.1 Å². The van der Waals surface area contributed by atoms with Crippen molar-refractivity contribution >= 4 is 0 Å². The Morgan fingerprint density at radius 3 is 1.66 bits per heavy atom. The minimum absolute atomic E-state index is 0.0260. The minimum Gasteiger partial charge on any atom is -0.396 e. The zero-order valence-electron chi connectivity index (χ0n) is 20.4. The van der Waals surface area contributed by atoms with Gasteiger partial charge in [0, 0.05) is 26.4 Å². The predicted octanol–water partition coefficient (Wildman–Crippen LogP) is 5.63. The third-order valence-corrected chi connectivity index (χ3v) is 6.08. The van der Waals surface area contributed by atoms with E-state index >= 15 is 0 Å². The van der Waals surface area contributed by atoms with Crippen LogP contribution in [0.25, 0.3) is 0 Å². The quantitative estimate of drug-likeness (QED) is 0.198. The Hall–Kier alpha value is -0.200. The van der Waals surface area contributed by atoms with E-state index in [-0.39, 0.29) is 12.0 Å². The third kappa shape index (κ3) is 9.65. The molecule has 3 N–H and O–H groups in total. The number of hydrogen-bond donors (Lipinski definition) is 2. The molecule has 1 unspecified atom stereocenters. The molecule has 0 fully saturated rings. The van der Waals surface area contributed by atoms with Crippen LogP contribution < -0.4 is 5.73 Å². The Labute approximate surface area is 181 Å². The van der Waals surface area contributed by atoms with Crippen molar-refractivity contribution in [3.8, 4) is 0 Å². The monoisotopic (exact) mass is 417 g/mol. The van der Waals surface area contributed by atoms with Crippen LogP contribution in [-0.2, 0) is 14.2 Å². The number of nitrogens with two attached hydrogens (primary N) is 1. The van der Waals surface area contributed by atoms with Gasteiger partial charge in [0.2, 0.25) is 0 Å². The molecule has 0 aromatic carbocycles. The molecular formula is C24H51NO4. The molecule has 5 heteroatoms. The number of ether oxygens (including phenoxy) is 3. The van der Waals surface area contributed by atoms with E-state index in [4.69, 9.17) is 19.9 Å². The van der Waals surface area contributed by atoms with E-state index in [2.05, 4.69) is 20.8 Å². The van der Waals surface area contributed by atoms with Gasteiger partial charge in [0.05, 0.1) is 5.41 Å². The summed E-state index contributed by atoms with van der Waals surface area (Å²) in [6, 6.07) is 0. The van der Waals surface area contributed by atoms with Crippen molar-refractivity contribution in [2.75, 3.05) is 33.0 Å². The average Bonchev–Trinajstić information content (AvgIpc) is 2.69. The maximum Gasteiger partial charge on any atom is 0.288 e. The second-order valence-electron chi connectivity index (χ2n) is 9.00. The van der Waals surface area contributed by atoms with Gasteiger partial charge >= 0.3 is 0 Å². The molecule has 0 aliphatic carbocycles. The summed E-state index contributed by atoms with van der Waals surface area (Å²) in [6.07, 6.45) is 10.7. The van der Waals surface area contributed by atoms with E-state index in [9.17, 15) is 5.11 Å². The molecule has 0 aliphatic rings. The Morgan fingerprint density at radius 2 is 1.21 bits per heavy atom. The second kappa shape index (κ2) is 15.6. The normalized spacial score (nSPS) is 14.9. The summed E-state index contributed by atoms with van der Waals surface area (Å²) in [7, 11) is 0. The van der Waals surface area contributed by atoms with Crippen molar-refractivity contribution in [2.24, 2.45) is 16.6 Å². The molecule has 0 rings (SSSR count). The lowest BCUT2D eigenvalue weighted by Gasteiger charge is -2.49. The smallest absolute Gasteiger partial charge is 0.288 e. The van der Waals surface area contributed by atoms with Crippen LogP contribution in [0, 0.1) is 10.8 Å². The van der Waals surface area contributed by atoms with Crippen molar-refractivity contribution < 1.29 is 19.3 Å². The summed E-state index contributed by atoms with van der Waals surface area (Å²) in [6.45, 7) is 14.8. The third-order valence-electron chi connectivity index (χ3n) is 6.08. The van der Waals surface area contributed by atoms with Crippen molar-refractivity contribution in [2.45, 2.75) is 112 Å². The van der Waals surface area contributed by atoms with E-state index in [0.29, 0.717) is 32.8 Å². The number of unbranched alkanes of at least 4 members (excludes halogenated alkanes) is 5. The van der Waals surface area contributed by atoms with E-state index in [1.54, 1.807) is 0 Å². The van der Waals surface area contributed by atoms with Gasteiger partial charge in [-0.3, -0.25) is 0 Å². The number of hydrogen-bond acceptors (Lipinski definition) is 5. The van der Waals surface area contributed by atoms with Crippen LogP contribution >= 0.6 is 0 Å². The number of aliphatic hydroxyl groups is 1. The Kier molecular flexibility index (Phi) is 15.5. The van der Waals surface area contributed by atoms with Crippen LogP contribution in [0.15, 0.2) is 0 Å². The lowest BCUT2D eigenvalue weighted by Crippen LogP contribution is -2.55. The molecule has 176 valence electrons. The Bertz CT molecular complexity index is 372. The molecule has 0 amide bonds. The zero-order valence-corrected chi connectivity index (χ0v) is 20.4. The van der Waals surface area contributed by atoms with E-state index < -0.39 is 11.4 Å². The van der Waals surface area contributed by atoms with Gasteiger partial charge in [-0.25, -0.2) is 0 Å². The molecular weight excluding hydrogens is 366 g/mol. The number of aliphatic hydroxyl groups excluding tert-OH is 1. The first-order chi connectivity index (χ1) is 13.8. The Morgan fingerprint density at radius 1 is 0.690 bits per heavy atom. The molecule has 1 atom stereocenters. The Balaban J connectivity index is 5.75. The summed E-state index contributed by atoms with van der Waals surface area (Å²) in [4.78, 5) is 0. The first-order valence-corrected chi connectivity index (χ1v) is 12.0. The topological polar surface area (TPSA) is 73.9 Å². The van der Waals surface area contributed by atoms with Gasteiger partial charge in [-0.2, -0.15) is 0 Å². The molecule has 29 heavy (non-hydrogen) atoms. The van der Waals surface area contributed by atoms with Gasteiger partial charge in [-0.05, 0) is 58.4 Å². The number of rotatable bonds is 20. The molecule has 0 heterocycles. The van der Waals surface area contributed by atoms with Crippen molar-refractivity contribution in [3.63, 3.8) is 0 Å². The summed E-state index contributed by atoms with van der Waals surface area (Å²) in [5.74, 6) is -1.12. The minimum atomic E-state index is -1.12. The van der Waals surface area contributed by atoms with Crippen molar-refractivity contribution in [3.05, 3.63) is 0 Å². The molecule has 0 aromatic rings. The largest absolute Gasteiger partial charge is 0.396 e. The summed E-state index contributed by atoms with van der Waals surface area (Å²) >= 11 is 0. The molecule has 5 nitrogen and oxygen atoms in total. The SMILES string of the molecule is CCCCCCCCC(CCO)(CCC(C)(C)CN)C(OCC)(OCC)OCC. The van der Waals surface area contributed by atoms with Crippen LogP contribution in [0.2, 0.25) is 0 Å². The van der Waals surface area contributed by atoms with Crippen LogP contribution in [0.4, 0.5) is 0 Å². The van der Waals surface area contributed by atoms with E-state index in [0.717, 1.165) is 25.7 Å². The lowest BCUT2D eigenvalue weighted by atomic mass is 9.70. The van der Waals surface area contributed by atoms with Crippen molar-refractivity contribution in [1.82, 2.24) is 0 Å². The molecule has 0 bridgehead atoms. The van der Waals surface area contributed by atoms with Crippen LogP contribution in [-0.4, -0.2) is 44.1 Å². The molecule has 0 aromatic heterocycles. The van der Waals surface area contributed by atoms with Crippen molar-refractivity contribution in [1.29, 1.82) is 0 Å². The maximum atomic E-state index is 10.0. The molecule has 0 saturated carbocycles. The van der Waals surface area contributed by atoms with Crippen LogP contribution in [0.1, 0.15) is 106 Å². The van der Waals surface area contributed by atoms with Gasteiger partial charge in [-0.1, -0.05) is 59.3 Å². The van der Waals surface area contributed by atoms with Crippen LogP contribution in [0.5, 0.6) is 0 Å². The van der Waals surface area contributed by atoms with Crippen LogP contribution in [0.3, 0.4) is 0 Å². The van der Waals surface area contributed by atoms with Gasteiger partial charge in [0.25, 0.3) is 5.97 Å². The summed E-state index contributed by atoms with van der Waals surface area (Å²) < 4.78 is 18.7. The first kappa shape index (κ1) is 28.8. The van der Waals surface area contributed by atoms with E-state index in [1.165, 1.54) is 32.1 Å². The summed E-state index contributed by atoms with van der Waals surface area (Å²) in [5.41, 5.74) is 5.64. The lowest BCUT2D eigenvalue weighted by molar-refractivity contribution is -0.432. The fourth-order valence-corrected chi connectivity index (χ4v) is 4.13. The highest BCUT2D eigenvalue weighted by atomic mass is 16.9. The molecule has 0 spiro atoms. The first-order valence-electron chi connectivity index (χ1n) is 12.0. The predicted molar refractivity (Wildman–Crippen MR) is 122 cm³/mol. The molecule has 0 radical (unpaired) electrons. The standard InChI is InChI=1S/C24H51NO4/c1-7-11-12-13-14-15-16-23(19-20-26,18-17-22(5,6)21-25)24(27-8-2,28-9-3)29-10-4/h26H,7-21,25H2,1-6H3. The highest BCUT2D eigenvalue weighted by Gasteiger charge is 2.54.